The number of carbonyl (C=O) groups is 2. The minimum Gasteiger partial charge on any atom is -0.543 e. The molecule has 0 aliphatic carbocycles. The number of hydrogen-bond acceptors (Lipinski definition) is 6. The van der Waals surface area contributed by atoms with Crippen LogP contribution in [0.25, 0.3) is 5.82 Å². The van der Waals surface area contributed by atoms with Crippen LogP contribution < -0.4 is 5.11 Å². The fourth-order valence-corrected chi connectivity index (χ4v) is 3.56. The number of pyridine rings is 2. The molecule has 0 bridgehead atoms. The van der Waals surface area contributed by atoms with Crippen molar-refractivity contribution in [3.05, 3.63) is 70.4 Å². The van der Waals surface area contributed by atoms with Crippen molar-refractivity contribution >= 4 is 11.9 Å². The highest BCUT2D eigenvalue weighted by Crippen LogP contribution is 2.33. The van der Waals surface area contributed by atoms with Crippen LogP contribution in [0.4, 0.5) is 13.2 Å². The highest BCUT2D eigenvalue weighted by Gasteiger charge is 2.34. The Morgan fingerprint density at radius 1 is 1.26 bits per heavy atom. The molecule has 0 radical (unpaired) electrons. The third-order valence-electron chi connectivity index (χ3n) is 5.22. The number of fused-ring (bicyclic) bond motifs is 1. The molecular formula is C20H15F3N5O3-. The summed E-state index contributed by atoms with van der Waals surface area (Å²) in [6, 6.07) is 2.69. The summed E-state index contributed by atoms with van der Waals surface area (Å²) in [5.74, 6) is -1.58. The molecule has 0 aromatic carbocycles. The molecular weight excluding hydrogens is 415 g/mol. The van der Waals surface area contributed by atoms with Crippen molar-refractivity contribution in [3.8, 4) is 5.82 Å². The highest BCUT2D eigenvalue weighted by molar-refractivity contribution is 6.01. The lowest BCUT2D eigenvalue weighted by Crippen LogP contribution is -2.28. The Hall–Kier alpha value is -3.76. The van der Waals surface area contributed by atoms with Gasteiger partial charge in [-0.2, -0.15) is 18.3 Å². The van der Waals surface area contributed by atoms with Crippen LogP contribution in [-0.4, -0.2) is 36.5 Å². The van der Waals surface area contributed by atoms with Crippen LogP contribution in [0.2, 0.25) is 0 Å². The number of carbonyl (C=O) groups excluding carboxylic acids is 2. The van der Waals surface area contributed by atoms with Crippen molar-refractivity contribution in [2.24, 2.45) is 0 Å². The van der Waals surface area contributed by atoms with Gasteiger partial charge in [-0.3, -0.25) is 9.78 Å². The third kappa shape index (κ3) is 3.51. The average Bonchev–Trinajstić information content (AvgIpc) is 3.32. The molecule has 8 nitrogen and oxygen atoms in total. The van der Waals surface area contributed by atoms with Gasteiger partial charge in [0.15, 0.2) is 5.82 Å². The number of aromatic carboxylic acids is 1. The van der Waals surface area contributed by atoms with Crippen molar-refractivity contribution in [3.63, 3.8) is 0 Å². The molecule has 0 saturated carbocycles. The minimum absolute atomic E-state index is 0.0430. The van der Waals surface area contributed by atoms with Crippen LogP contribution in [-0.2, 0) is 12.7 Å². The zero-order valence-corrected chi connectivity index (χ0v) is 16.3. The molecule has 1 aliphatic rings. The van der Waals surface area contributed by atoms with E-state index in [4.69, 9.17) is 0 Å². The maximum absolute atomic E-state index is 12.8. The molecule has 11 heteroatoms. The van der Waals surface area contributed by atoms with Gasteiger partial charge in [0.2, 0.25) is 0 Å². The van der Waals surface area contributed by atoms with Gasteiger partial charge in [0.05, 0.1) is 29.5 Å². The molecule has 1 atom stereocenters. The Bertz CT molecular complexity index is 1210. The number of carboxylic acids is 1. The second-order valence-corrected chi connectivity index (χ2v) is 7.16. The molecule has 160 valence electrons. The zero-order valence-electron chi connectivity index (χ0n) is 16.3. The van der Waals surface area contributed by atoms with Crippen LogP contribution >= 0.6 is 0 Å². The van der Waals surface area contributed by atoms with Crippen LogP contribution in [0.5, 0.6) is 0 Å². The van der Waals surface area contributed by atoms with E-state index in [1.54, 1.807) is 19.9 Å². The monoisotopic (exact) mass is 430 g/mol. The maximum atomic E-state index is 12.8. The van der Waals surface area contributed by atoms with E-state index in [0.717, 1.165) is 17.1 Å². The summed E-state index contributed by atoms with van der Waals surface area (Å²) >= 11 is 0. The third-order valence-corrected chi connectivity index (χ3v) is 5.22. The van der Waals surface area contributed by atoms with Gasteiger partial charge in [-0.15, -0.1) is 0 Å². The van der Waals surface area contributed by atoms with E-state index in [2.05, 4.69) is 15.1 Å². The first-order valence-electron chi connectivity index (χ1n) is 9.17. The van der Waals surface area contributed by atoms with Gasteiger partial charge in [-0.25, -0.2) is 9.67 Å². The summed E-state index contributed by atoms with van der Waals surface area (Å²) in [7, 11) is 0. The summed E-state index contributed by atoms with van der Waals surface area (Å²) < 4.78 is 39.5. The molecule has 1 aliphatic heterocycles. The molecule has 4 heterocycles. The number of aromatic nitrogens is 4. The van der Waals surface area contributed by atoms with Gasteiger partial charge >= 0.3 is 6.18 Å². The first-order chi connectivity index (χ1) is 14.6. The number of hydrogen-bond donors (Lipinski definition) is 0. The SMILES string of the molecule is Cc1cc(C(C)N2Cc3c(ccnc3C(=O)[O-])C2=O)cnc1-n1cc(C(F)(F)F)cn1. The number of amides is 1. The molecule has 1 unspecified atom stereocenters. The Labute approximate surface area is 174 Å². The smallest absolute Gasteiger partial charge is 0.419 e. The van der Waals surface area contributed by atoms with E-state index < -0.39 is 23.8 Å². The van der Waals surface area contributed by atoms with E-state index in [0.29, 0.717) is 11.1 Å². The van der Waals surface area contributed by atoms with E-state index in [1.165, 1.54) is 23.4 Å². The molecule has 0 fully saturated rings. The number of carboxylic acid groups (broad SMARTS) is 1. The van der Waals surface area contributed by atoms with E-state index in [1.807, 2.05) is 0 Å². The molecule has 0 spiro atoms. The topological polar surface area (TPSA) is 104 Å². The van der Waals surface area contributed by atoms with Gasteiger partial charge in [-0.1, -0.05) is 0 Å². The van der Waals surface area contributed by atoms with Crippen LogP contribution in [0.15, 0.2) is 36.9 Å². The van der Waals surface area contributed by atoms with Crippen LogP contribution in [0.1, 0.15) is 56.1 Å². The first kappa shape index (κ1) is 20.5. The van der Waals surface area contributed by atoms with E-state index in [-0.39, 0.29) is 35.1 Å². The molecule has 3 aromatic rings. The lowest BCUT2D eigenvalue weighted by Gasteiger charge is -2.25. The zero-order chi connectivity index (χ0) is 22.5. The number of nitrogens with zero attached hydrogens (tertiary/aromatic N) is 5. The molecule has 0 N–H and O–H groups in total. The molecule has 3 aromatic heterocycles. The lowest BCUT2D eigenvalue weighted by atomic mass is 10.1. The minimum atomic E-state index is -4.51. The van der Waals surface area contributed by atoms with Gasteiger partial charge in [0.25, 0.3) is 5.91 Å². The lowest BCUT2D eigenvalue weighted by molar-refractivity contribution is -0.255. The second-order valence-electron chi connectivity index (χ2n) is 7.16. The molecule has 0 saturated heterocycles. The van der Waals surface area contributed by atoms with Gasteiger partial charge in [0.1, 0.15) is 0 Å². The molecule has 1 amide bonds. The number of aryl methyl sites for hydroxylation is 1. The quantitative estimate of drug-likeness (QED) is 0.628. The fourth-order valence-electron chi connectivity index (χ4n) is 3.56. The van der Waals surface area contributed by atoms with Crippen LogP contribution in [0, 0.1) is 6.92 Å². The Morgan fingerprint density at radius 2 is 2.00 bits per heavy atom. The standard InChI is InChI=1S/C20H16F3N5O3/c1-10-5-12(6-25-17(10)28-8-13(7-26-28)20(21,22)23)11(2)27-9-15-14(18(27)29)3-4-24-16(15)19(30)31/h3-8,11H,9H2,1-2H3,(H,30,31)/p-1. The number of rotatable bonds is 4. The Balaban J connectivity index is 1.62. The Kier molecular flexibility index (Phi) is 4.75. The Morgan fingerprint density at radius 3 is 2.61 bits per heavy atom. The predicted molar refractivity (Wildman–Crippen MR) is 98.0 cm³/mol. The summed E-state index contributed by atoms with van der Waals surface area (Å²) in [5.41, 5.74) is 0.569. The summed E-state index contributed by atoms with van der Waals surface area (Å²) in [5, 5.41) is 15.0. The van der Waals surface area contributed by atoms with Crippen molar-refractivity contribution < 1.29 is 27.9 Å². The second kappa shape index (κ2) is 7.18. The summed E-state index contributed by atoms with van der Waals surface area (Å²) in [6.07, 6.45) is -0.231. The first-order valence-corrected chi connectivity index (χ1v) is 9.17. The predicted octanol–water partition coefficient (Wildman–Crippen LogP) is 2.07. The largest absolute Gasteiger partial charge is 0.543 e. The molecule has 31 heavy (non-hydrogen) atoms. The van der Waals surface area contributed by atoms with Gasteiger partial charge < -0.3 is 14.8 Å². The van der Waals surface area contributed by atoms with Gasteiger partial charge in [-0.05, 0) is 37.1 Å². The average molecular weight is 430 g/mol. The van der Waals surface area contributed by atoms with E-state index >= 15 is 0 Å². The summed E-state index contributed by atoms with van der Waals surface area (Å²) in [6.45, 7) is 3.47. The molecule has 4 rings (SSSR count). The fraction of sp³-hybridized carbons (Fsp3) is 0.250. The summed E-state index contributed by atoms with van der Waals surface area (Å²) in [4.78, 5) is 33.6. The van der Waals surface area contributed by atoms with Crippen molar-refractivity contribution in [2.45, 2.75) is 32.6 Å². The van der Waals surface area contributed by atoms with Crippen LogP contribution in [0.3, 0.4) is 0 Å². The number of halogens is 3. The van der Waals surface area contributed by atoms with Crippen molar-refractivity contribution in [1.82, 2.24) is 24.6 Å². The van der Waals surface area contributed by atoms with Crippen molar-refractivity contribution in [2.75, 3.05) is 0 Å². The maximum Gasteiger partial charge on any atom is 0.419 e. The van der Waals surface area contributed by atoms with E-state index in [9.17, 15) is 27.9 Å². The van der Waals surface area contributed by atoms with Gasteiger partial charge in [0, 0.05) is 36.3 Å². The van der Waals surface area contributed by atoms with Crippen molar-refractivity contribution in [1.29, 1.82) is 0 Å². The number of alkyl halides is 3. The normalized spacial score (nSPS) is 14.6. The highest BCUT2D eigenvalue weighted by atomic mass is 19.4.